The summed E-state index contributed by atoms with van der Waals surface area (Å²) in [6.07, 6.45) is 1.90. The van der Waals surface area contributed by atoms with E-state index in [0.29, 0.717) is 6.54 Å². The second-order valence-corrected chi connectivity index (χ2v) is 5.79. The summed E-state index contributed by atoms with van der Waals surface area (Å²) in [5.41, 5.74) is 3.04. The highest BCUT2D eigenvalue weighted by Crippen LogP contribution is 2.16. The number of carbonyl (C=O) groups excluding carboxylic acids is 1. The molecule has 5 heteroatoms. The maximum Gasteiger partial charge on any atom is 0.178 e. The molecule has 0 spiro atoms. The molecule has 5 nitrogen and oxygen atoms in total. The summed E-state index contributed by atoms with van der Waals surface area (Å²) in [6.45, 7) is 7.76. The third kappa shape index (κ3) is 5.55. The van der Waals surface area contributed by atoms with Gasteiger partial charge in [0.05, 0.1) is 6.54 Å². The number of aromatic nitrogens is 1. The van der Waals surface area contributed by atoms with E-state index in [1.807, 2.05) is 20.0 Å². The summed E-state index contributed by atoms with van der Waals surface area (Å²) in [4.78, 5) is 14.5. The van der Waals surface area contributed by atoms with E-state index in [4.69, 9.17) is 9.47 Å². The van der Waals surface area contributed by atoms with E-state index in [-0.39, 0.29) is 5.78 Å². The van der Waals surface area contributed by atoms with Gasteiger partial charge in [-0.05, 0) is 39.8 Å². The minimum atomic E-state index is 0.186. The Balaban J connectivity index is 2.63. The average molecular weight is 310 g/mol. The van der Waals surface area contributed by atoms with Gasteiger partial charge in [-0.15, -0.1) is 0 Å². The smallest absolute Gasteiger partial charge is 0.178 e. The largest absolute Gasteiger partial charge is 0.385 e. The van der Waals surface area contributed by atoms with Gasteiger partial charge in [0.1, 0.15) is 0 Å². The van der Waals surface area contributed by atoms with Gasteiger partial charge in [-0.25, -0.2) is 0 Å². The number of methoxy groups -OCH3 is 2. The quantitative estimate of drug-likeness (QED) is 0.465. The second-order valence-electron chi connectivity index (χ2n) is 5.79. The molecule has 0 radical (unpaired) electrons. The number of Topliss-reactive ketones (excluding diaryl/α,β-unsaturated/α-hetero) is 1. The predicted octanol–water partition coefficient (Wildman–Crippen LogP) is 2.29. The number of ether oxygens (including phenoxy) is 2. The van der Waals surface area contributed by atoms with E-state index in [9.17, 15) is 4.79 Å². The molecular formula is C17H30N2O3. The number of carbonyl (C=O) groups is 1. The lowest BCUT2D eigenvalue weighted by atomic mass is 10.1. The SMILES string of the molecule is COCCCN(C)CC(=O)c1cc(C)n(CCCOC)c1C. The normalized spacial score (nSPS) is 11.4. The minimum Gasteiger partial charge on any atom is -0.385 e. The molecule has 1 aromatic heterocycles. The molecule has 0 amide bonds. The van der Waals surface area contributed by atoms with Crippen LogP contribution < -0.4 is 0 Å². The van der Waals surface area contributed by atoms with E-state index in [1.165, 1.54) is 0 Å². The third-order valence-electron chi connectivity index (χ3n) is 3.91. The van der Waals surface area contributed by atoms with Gasteiger partial charge in [0.25, 0.3) is 0 Å². The van der Waals surface area contributed by atoms with Gasteiger partial charge in [-0.2, -0.15) is 0 Å². The van der Waals surface area contributed by atoms with Crippen LogP contribution in [0.3, 0.4) is 0 Å². The van der Waals surface area contributed by atoms with Crippen LogP contribution >= 0.6 is 0 Å². The van der Waals surface area contributed by atoms with Gasteiger partial charge < -0.3 is 14.0 Å². The molecule has 0 aliphatic carbocycles. The summed E-state index contributed by atoms with van der Waals surface area (Å²) >= 11 is 0. The zero-order valence-electron chi connectivity index (χ0n) is 14.6. The van der Waals surface area contributed by atoms with E-state index in [0.717, 1.165) is 56.1 Å². The summed E-state index contributed by atoms with van der Waals surface area (Å²) in [6, 6.07) is 2.01. The standard InChI is InChI=1S/C17H30N2O3/c1-14-12-16(15(2)19(14)9-7-11-22-5)17(20)13-18(3)8-6-10-21-4/h12H,6-11,13H2,1-5H3. The van der Waals surface area contributed by atoms with Crippen molar-refractivity contribution in [2.24, 2.45) is 0 Å². The number of likely N-dealkylation sites (N-methyl/N-ethyl adjacent to an activating group) is 1. The highest BCUT2D eigenvalue weighted by atomic mass is 16.5. The molecule has 0 unspecified atom stereocenters. The maximum atomic E-state index is 12.5. The van der Waals surface area contributed by atoms with Crippen molar-refractivity contribution in [2.45, 2.75) is 33.2 Å². The molecule has 126 valence electrons. The van der Waals surface area contributed by atoms with Crippen molar-refractivity contribution >= 4 is 5.78 Å². The fourth-order valence-electron chi connectivity index (χ4n) is 2.68. The first kappa shape index (κ1) is 18.9. The fraction of sp³-hybridized carbons (Fsp3) is 0.706. The van der Waals surface area contributed by atoms with Gasteiger partial charge >= 0.3 is 0 Å². The predicted molar refractivity (Wildman–Crippen MR) is 88.7 cm³/mol. The molecule has 0 saturated carbocycles. The Morgan fingerprint density at radius 2 is 1.82 bits per heavy atom. The number of nitrogens with zero attached hydrogens (tertiary/aromatic N) is 2. The maximum absolute atomic E-state index is 12.5. The summed E-state index contributed by atoms with van der Waals surface area (Å²) in [7, 11) is 5.39. The third-order valence-corrected chi connectivity index (χ3v) is 3.91. The monoisotopic (exact) mass is 310 g/mol. The summed E-state index contributed by atoms with van der Waals surface area (Å²) in [5, 5.41) is 0. The Bertz CT molecular complexity index is 469. The Labute approximate surface area is 134 Å². The average Bonchev–Trinajstić information content (AvgIpc) is 2.75. The molecule has 0 bridgehead atoms. The molecule has 0 aliphatic rings. The topological polar surface area (TPSA) is 43.7 Å². The van der Waals surface area contributed by atoms with Crippen LogP contribution in [0.4, 0.5) is 0 Å². The van der Waals surface area contributed by atoms with Gasteiger partial charge in [0, 0.05) is 57.5 Å². The van der Waals surface area contributed by atoms with Gasteiger partial charge in [0.15, 0.2) is 5.78 Å². The Morgan fingerprint density at radius 1 is 1.18 bits per heavy atom. The molecule has 22 heavy (non-hydrogen) atoms. The number of hydrogen-bond donors (Lipinski definition) is 0. The van der Waals surface area contributed by atoms with Crippen LogP contribution in [0.2, 0.25) is 0 Å². The van der Waals surface area contributed by atoms with Crippen molar-refractivity contribution in [3.8, 4) is 0 Å². The Hall–Kier alpha value is -1.17. The van der Waals surface area contributed by atoms with Crippen LogP contribution in [0.1, 0.15) is 34.6 Å². The van der Waals surface area contributed by atoms with Crippen molar-refractivity contribution in [1.82, 2.24) is 9.47 Å². The molecule has 0 saturated heterocycles. The first-order chi connectivity index (χ1) is 10.5. The van der Waals surface area contributed by atoms with Crippen LogP contribution in [0.15, 0.2) is 6.07 Å². The molecule has 0 fully saturated rings. The van der Waals surface area contributed by atoms with Gasteiger partial charge in [-0.1, -0.05) is 0 Å². The zero-order valence-corrected chi connectivity index (χ0v) is 14.6. The number of aryl methyl sites for hydroxylation is 1. The molecule has 0 N–H and O–H groups in total. The minimum absolute atomic E-state index is 0.186. The zero-order chi connectivity index (χ0) is 16.5. The van der Waals surface area contributed by atoms with Gasteiger partial charge in [-0.3, -0.25) is 9.69 Å². The van der Waals surface area contributed by atoms with Crippen LogP contribution in [0.25, 0.3) is 0 Å². The number of ketones is 1. The molecule has 0 aromatic carbocycles. The van der Waals surface area contributed by atoms with E-state index >= 15 is 0 Å². The van der Waals surface area contributed by atoms with Crippen molar-refractivity contribution < 1.29 is 14.3 Å². The molecule has 1 rings (SSSR count). The highest BCUT2D eigenvalue weighted by Gasteiger charge is 2.16. The number of rotatable bonds is 11. The Morgan fingerprint density at radius 3 is 2.45 bits per heavy atom. The first-order valence-electron chi connectivity index (χ1n) is 7.87. The lowest BCUT2D eigenvalue weighted by Gasteiger charge is -2.15. The lowest BCUT2D eigenvalue weighted by molar-refractivity contribution is 0.0938. The second kappa shape index (κ2) is 9.77. The lowest BCUT2D eigenvalue weighted by Crippen LogP contribution is -2.27. The van der Waals surface area contributed by atoms with Crippen LogP contribution in [-0.4, -0.2) is 62.8 Å². The van der Waals surface area contributed by atoms with E-state index < -0.39 is 0 Å². The van der Waals surface area contributed by atoms with Crippen molar-refractivity contribution in [2.75, 3.05) is 47.6 Å². The molecule has 0 aliphatic heterocycles. The van der Waals surface area contributed by atoms with Crippen LogP contribution in [0, 0.1) is 13.8 Å². The summed E-state index contributed by atoms with van der Waals surface area (Å²) < 4.78 is 12.3. The molecule has 0 atom stereocenters. The first-order valence-corrected chi connectivity index (χ1v) is 7.87. The van der Waals surface area contributed by atoms with Crippen LogP contribution in [0.5, 0.6) is 0 Å². The molecular weight excluding hydrogens is 280 g/mol. The van der Waals surface area contributed by atoms with Crippen molar-refractivity contribution in [1.29, 1.82) is 0 Å². The van der Waals surface area contributed by atoms with Crippen molar-refractivity contribution in [3.63, 3.8) is 0 Å². The number of hydrogen-bond acceptors (Lipinski definition) is 4. The summed E-state index contributed by atoms with van der Waals surface area (Å²) in [5.74, 6) is 0.186. The molecule has 1 aromatic rings. The van der Waals surface area contributed by atoms with Crippen LogP contribution in [-0.2, 0) is 16.0 Å². The molecule has 1 heterocycles. The highest BCUT2D eigenvalue weighted by molar-refractivity contribution is 5.99. The fourth-order valence-corrected chi connectivity index (χ4v) is 2.68. The Kier molecular flexibility index (Phi) is 8.38. The van der Waals surface area contributed by atoms with E-state index in [2.05, 4.69) is 16.4 Å². The van der Waals surface area contributed by atoms with E-state index in [1.54, 1.807) is 14.2 Å². The van der Waals surface area contributed by atoms with Crippen molar-refractivity contribution in [3.05, 3.63) is 23.0 Å². The van der Waals surface area contributed by atoms with Gasteiger partial charge in [0.2, 0.25) is 0 Å².